The van der Waals surface area contributed by atoms with Crippen LogP contribution in [0.25, 0.3) is 0 Å². The van der Waals surface area contributed by atoms with Gasteiger partial charge in [0.05, 0.1) is 5.92 Å². The lowest BCUT2D eigenvalue weighted by atomic mass is 10.1. The molecule has 1 aliphatic carbocycles. The van der Waals surface area contributed by atoms with E-state index in [1.165, 1.54) is 18.2 Å². The SMILES string of the molecule is O=C(Nc1cccc(OC(F)F)c1)C1CC(=O)N(C2CCCC2)C1. The predicted molar refractivity (Wildman–Crippen MR) is 83.8 cm³/mol. The number of benzene rings is 1. The highest BCUT2D eigenvalue weighted by Gasteiger charge is 2.38. The van der Waals surface area contributed by atoms with Crippen molar-refractivity contribution >= 4 is 17.5 Å². The molecule has 24 heavy (non-hydrogen) atoms. The van der Waals surface area contributed by atoms with Crippen molar-refractivity contribution in [3.05, 3.63) is 24.3 Å². The molecule has 1 saturated carbocycles. The lowest BCUT2D eigenvalue weighted by Crippen LogP contribution is -2.35. The Hall–Kier alpha value is -2.18. The Labute approximate surface area is 139 Å². The van der Waals surface area contributed by atoms with Gasteiger partial charge in [0.1, 0.15) is 5.75 Å². The zero-order valence-electron chi connectivity index (χ0n) is 13.2. The van der Waals surface area contributed by atoms with Gasteiger partial charge in [-0.2, -0.15) is 8.78 Å². The summed E-state index contributed by atoms with van der Waals surface area (Å²) in [6.45, 7) is -2.48. The molecule has 2 fully saturated rings. The number of halogens is 2. The first kappa shape index (κ1) is 16.7. The van der Waals surface area contributed by atoms with Crippen LogP contribution in [0.2, 0.25) is 0 Å². The second kappa shape index (κ2) is 7.15. The molecule has 2 aliphatic rings. The summed E-state index contributed by atoms with van der Waals surface area (Å²) in [5.74, 6) is -0.662. The number of ether oxygens (including phenoxy) is 1. The fourth-order valence-corrected chi connectivity index (χ4v) is 3.47. The van der Waals surface area contributed by atoms with E-state index >= 15 is 0 Å². The monoisotopic (exact) mass is 338 g/mol. The number of carbonyl (C=O) groups excluding carboxylic acids is 2. The van der Waals surface area contributed by atoms with E-state index < -0.39 is 12.5 Å². The summed E-state index contributed by atoms with van der Waals surface area (Å²) in [5, 5.41) is 2.69. The van der Waals surface area contributed by atoms with E-state index in [2.05, 4.69) is 10.1 Å². The minimum atomic E-state index is -2.91. The molecule has 1 atom stereocenters. The van der Waals surface area contributed by atoms with Gasteiger partial charge in [0.15, 0.2) is 0 Å². The highest BCUT2D eigenvalue weighted by molar-refractivity contribution is 5.97. The molecule has 1 N–H and O–H groups in total. The molecule has 5 nitrogen and oxygen atoms in total. The molecule has 1 saturated heterocycles. The second-order valence-electron chi connectivity index (χ2n) is 6.28. The van der Waals surface area contributed by atoms with E-state index in [-0.39, 0.29) is 30.0 Å². The Morgan fingerprint density at radius 3 is 2.75 bits per heavy atom. The van der Waals surface area contributed by atoms with Crippen LogP contribution in [0.3, 0.4) is 0 Å². The molecule has 1 aliphatic heterocycles. The first-order valence-corrected chi connectivity index (χ1v) is 8.18. The third-order valence-corrected chi connectivity index (χ3v) is 4.62. The molecular formula is C17H20F2N2O3. The zero-order valence-corrected chi connectivity index (χ0v) is 13.2. The van der Waals surface area contributed by atoms with Gasteiger partial charge in [0.25, 0.3) is 0 Å². The van der Waals surface area contributed by atoms with Gasteiger partial charge in [-0.15, -0.1) is 0 Å². The van der Waals surface area contributed by atoms with Crippen LogP contribution in [0, 0.1) is 5.92 Å². The molecule has 1 aromatic carbocycles. The van der Waals surface area contributed by atoms with E-state index in [1.807, 2.05) is 4.90 Å². The van der Waals surface area contributed by atoms with Gasteiger partial charge in [-0.3, -0.25) is 9.59 Å². The average Bonchev–Trinajstić information content (AvgIpc) is 3.16. The highest BCUT2D eigenvalue weighted by atomic mass is 19.3. The van der Waals surface area contributed by atoms with E-state index in [4.69, 9.17) is 0 Å². The number of amides is 2. The second-order valence-corrected chi connectivity index (χ2v) is 6.28. The normalized spacial score (nSPS) is 21.5. The average molecular weight is 338 g/mol. The molecule has 2 amide bonds. The molecule has 0 spiro atoms. The van der Waals surface area contributed by atoms with E-state index in [9.17, 15) is 18.4 Å². The third kappa shape index (κ3) is 3.83. The number of likely N-dealkylation sites (tertiary alicyclic amines) is 1. The molecule has 7 heteroatoms. The lowest BCUT2D eigenvalue weighted by Gasteiger charge is -2.23. The van der Waals surface area contributed by atoms with E-state index in [0.29, 0.717) is 12.2 Å². The van der Waals surface area contributed by atoms with Crippen molar-refractivity contribution in [1.82, 2.24) is 4.90 Å². The van der Waals surface area contributed by atoms with E-state index in [1.54, 1.807) is 6.07 Å². The topological polar surface area (TPSA) is 58.6 Å². The number of nitrogens with one attached hydrogen (secondary N) is 1. The molecule has 1 unspecified atom stereocenters. The van der Waals surface area contributed by atoms with Gasteiger partial charge < -0.3 is 15.0 Å². The van der Waals surface area contributed by atoms with Gasteiger partial charge >= 0.3 is 6.61 Å². The number of hydrogen-bond donors (Lipinski definition) is 1. The van der Waals surface area contributed by atoms with Crippen LogP contribution in [0.15, 0.2) is 24.3 Å². The van der Waals surface area contributed by atoms with Gasteiger partial charge in [0, 0.05) is 30.8 Å². The third-order valence-electron chi connectivity index (χ3n) is 4.62. The first-order valence-electron chi connectivity index (χ1n) is 8.18. The van der Waals surface area contributed by atoms with Crippen LogP contribution < -0.4 is 10.1 Å². The molecule has 0 aromatic heterocycles. The summed E-state index contributed by atoms with van der Waals surface area (Å²) in [7, 11) is 0. The van der Waals surface area contributed by atoms with Crippen LogP contribution >= 0.6 is 0 Å². The minimum absolute atomic E-state index is 0.0159. The Kier molecular flexibility index (Phi) is 4.97. The molecule has 3 rings (SSSR count). The maximum atomic E-state index is 12.4. The fourth-order valence-electron chi connectivity index (χ4n) is 3.47. The molecule has 1 aromatic rings. The van der Waals surface area contributed by atoms with Crippen LogP contribution in [-0.2, 0) is 9.59 Å². The number of anilines is 1. The smallest absolute Gasteiger partial charge is 0.387 e. The van der Waals surface area contributed by atoms with Crippen molar-refractivity contribution in [3.8, 4) is 5.75 Å². The van der Waals surface area contributed by atoms with Gasteiger partial charge in [-0.1, -0.05) is 18.9 Å². The van der Waals surface area contributed by atoms with Gasteiger partial charge in [-0.05, 0) is 25.0 Å². The lowest BCUT2D eigenvalue weighted by molar-refractivity contribution is -0.129. The maximum Gasteiger partial charge on any atom is 0.387 e. The summed E-state index contributed by atoms with van der Waals surface area (Å²) < 4.78 is 28.8. The minimum Gasteiger partial charge on any atom is -0.435 e. The Morgan fingerprint density at radius 1 is 1.29 bits per heavy atom. The van der Waals surface area contributed by atoms with Gasteiger partial charge in [-0.25, -0.2) is 0 Å². The number of alkyl halides is 2. The summed E-state index contributed by atoms with van der Waals surface area (Å²) in [5.41, 5.74) is 0.380. The van der Waals surface area contributed by atoms with Crippen molar-refractivity contribution in [2.24, 2.45) is 5.92 Å². The molecule has 130 valence electrons. The molecule has 0 bridgehead atoms. The molecular weight excluding hydrogens is 318 g/mol. The predicted octanol–water partition coefficient (Wildman–Crippen LogP) is 3.02. The standard InChI is InChI=1S/C17H20F2N2O3/c18-17(19)24-14-7-3-4-12(9-14)20-16(23)11-8-15(22)21(10-11)13-5-1-2-6-13/h3-4,7,9,11,13,17H,1-2,5-6,8,10H2,(H,20,23). The van der Waals surface area contributed by atoms with Crippen molar-refractivity contribution in [2.45, 2.75) is 44.8 Å². The van der Waals surface area contributed by atoms with Gasteiger partial charge in [0.2, 0.25) is 11.8 Å². The zero-order chi connectivity index (χ0) is 17.1. The number of rotatable bonds is 5. The summed E-state index contributed by atoms with van der Waals surface area (Å²) in [6.07, 6.45) is 4.47. The number of nitrogens with zero attached hydrogens (tertiary/aromatic N) is 1. The van der Waals surface area contributed by atoms with Crippen LogP contribution in [-0.4, -0.2) is 35.9 Å². The molecule has 0 radical (unpaired) electrons. The molecule has 1 heterocycles. The Bertz CT molecular complexity index is 618. The van der Waals surface area contributed by atoms with Crippen LogP contribution in [0.1, 0.15) is 32.1 Å². The van der Waals surface area contributed by atoms with Crippen molar-refractivity contribution in [1.29, 1.82) is 0 Å². The van der Waals surface area contributed by atoms with E-state index in [0.717, 1.165) is 25.7 Å². The summed E-state index contributed by atoms with van der Waals surface area (Å²) in [6, 6.07) is 6.12. The Balaban J connectivity index is 1.60. The fraction of sp³-hybridized carbons (Fsp3) is 0.529. The summed E-state index contributed by atoms with van der Waals surface area (Å²) >= 11 is 0. The highest BCUT2D eigenvalue weighted by Crippen LogP contribution is 2.30. The first-order chi connectivity index (χ1) is 11.5. The maximum absolute atomic E-state index is 12.4. The van der Waals surface area contributed by atoms with Crippen LogP contribution in [0.5, 0.6) is 5.75 Å². The number of hydrogen-bond acceptors (Lipinski definition) is 3. The van der Waals surface area contributed by atoms with Crippen molar-refractivity contribution < 1.29 is 23.1 Å². The quantitative estimate of drug-likeness (QED) is 0.898. The largest absolute Gasteiger partial charge is 0.435 e. The van der Waals surface area contributed by atoms with Crippen LogP contribution in [0.4, 0.5) is 14.5 Å². The summed E-state index contributed by atoms with van der Waals surface area (Å²) in [4.78, 5) is 26.3. The Morgan fingerprint density at radius 2 is 2.04 bits per heavy atom. The van der Waals surface area contributed by atoms with Crippen molar-refractivity contribution in [2.75, 3.05) is 11.9 Å². The number of carbonyl (C=O) groups is 2. The van der Waals surface area contributed by atoms with Crippen molar-refractivity contribution in [3.63, 3.8) is 0 Å².